The Morgan fingerprint density at radius 3 is 1.11 bits per heavy atom. The summed E-state index contributed by atoms with van der Waals surface area (Å²) in [6.07, 6.45) is 4.17. The van der Waals surface area contributed by atoms with Crippen molar-refractivity contribution in [2.24, 2.45) is 5.41 Å². The summed E-state index contributed by atoms with van der Waals surface area (Å²) in [5.74, 6) is 1.01. The van der Waals surface area contributed by atoms with Gasteiger partial charge in [-0.2, -0.15) is 5.26 Å². The van der Waals surface area contributed by atoms with Crippen molar-refractivity contribution < 1.29 is 0 Å². The largest absolute Gasteiger partial charge is 0.349 e. The van der Waals surface area contributed by atoms with Crippen LogP contribution in [0.4, 0.5) is 0 Å². The number of rotatable bonds is 0. The van der Waals surface area contributed by atoms with Crippen LogP contribution in [0.15, 0.2) is 97.3 Å². The van der Waals surface area contributed by atoms with Gasteiger partial charge in [0.25, 0.3) is 0 Å². The number of hydrogen-bond donors (Lipinski definition) is 0. The minimum Gasteiger partial charge on any atom is -0.349 e. The number of nitrogens with zero attached hydrogens (tertiary/aromatic N) is 7. The van der Waals surface area contributed by atoms with Crippen LogP contribution in [-0.4, -0.2) is 27.7 Å². The number of aromatic nitrogens is 6. The molecule has 2 aromatic carbocycles. The Hall–Kier alpha value is -4.96. The molecule has 7 heteroatoms. The lowest BCUT2D eigenvalue weighted by Crippen LogP contribution is -2.23. The van der Waals surface area contributed by atoms with Crippen LogP contribution in [0.3, 0.4) is 0 Å². The van der Waals surface area contributed by atoms with Gasteiger partial charge in [0.2, 0.25) is 5.78 Å². The van der Waals surface area contributed by atoms with Crippen LogP contribution in [-0.2, 0) is 22.2 Å². The molecule has 0 amide bonds. The van der Waals surface area contributed by atoms with E-state index >= 15 is 0 Å². The molecule has 0 saturated carbocycles. The highest BCUT2D eigenvalue weighted by Gasteiger charge is 2.23. The third kappa shape index (κ3) is 12.0. The predicted molar refractivity (Wildman–Crippen MR) is 245 cm³/mol. The molecule has 308 valence electrons. The molecule has 0 saturated heterocycles. The van der Waals surface area contributed by atoms with Crippen molar-refractivity contribution in [3.8, 4) is 6.07 Å². The highest BCUT2D eigenvalue weighted by Crippen LogP contribution is 2.31. The van der Waals surface area contributed by atoms with Gasteiger partial charge in [-0.1, -0.05) is 24.3 Å². The van der Waals surface area contributed by atoms with Crippen LogP contribution in [0, 0.1) is 44.4 Å². The molecule has 0 radical (unpaired) electrons. The predicted octanol–water partition coefficient (Wildman–Crippen LogP) is 13.7. The summed E-state index contributed by atoms with van der Waals surface area (Å²) < 4.78 is 11.5. The van der Waals surface area contributed by atoms with Crippen molar-refractivity contribution in [3.63, 3.8) is 0 Å². The molecule has 0 aliphatic rings. The second kappa shape index (κ2) is 17.7. The van der Waals surface area contributed by atoms with Crippen molar-refractivity contribution >= 4 is 27.8 Å². The summed E-state index contributed by atoms with van der Waals surface area (Å²) in [4.78, 5) is 4.84. The zero-order valence-electron chi connectivity index (χ0n) is 38.9. The monoisotopic (exact) mass is 772 g/mol. The molecule has 0 N–H and O–H groups in total. The van der Waals surface area contributed by atoms with Crippen molar-refractivity contribution in [2.75, 3.05) is 0 Å². The van der Waals surface area contributed by atoms with Crippen molar-refractivity contribution in [2.45, 2.75) is 154 Å². The van der Waals surface area contributed by atoms with Gasteiger partial charge in [0.05, 0.1) is 28.1 Å². The number of aryl methyl sites for hydroxylation is 4. The Balaban J connectivity index is 0.000000204. The van der Waals surface area contributed by atoms with Gasteiger partial charge < -0.3 is 18.3 Å². The number of fused-ring (bicyclic) bond motifs is 5. The first-order valence-corrected chi connectivity index (χ1v) is 20.3. The quantitative estimate of drug-likeness (QED) is 0.154. The lowest BCUT2D eigenvalue weighted by atomic mass is 10.0. The van der Waals surface area contributed by atoms with E-state index in [1.807, 2.05) is 39.0 Å². The van der Waals surface area contributed by atoms with E-state index in [0.29, 0.717) is 0 Å². The summed E-state index contributed by atoms with van der Waals surface area (Å²) in [6, 6.07) is 31.7. The van der Waals surface area contributed by atoms with Crippen LogP contribution in [0.2, 0.25) is 0 Å². The Morgan fingerprint density at radius 1 is 0.439 bits per heavy atom. The first-order chi connectivity index (χ1) is 26.1. The molecule has 5 heterocycles. The molecule has 0 unspecified atom stereocenters. The van der Waals surface area contributed by atoms with E-state index in [1.54, 1.807) is 0 Å². The molecule has 7 aromatic rings. The topological polar surface area (TPSA) is 60.8 Å². The summed E-state index contributed by atoms with van der Waals surface area (Å²) >= 11 is 0. The highest BCUT2D eigenvalue weighted by molar-refractivity contribution is 5.90. The Morgan fingerprint density at radius 2 is 0.789 bits per heavy atom. The second-order valence-electron chi connectivity index (χ2n) is 20.1. The fraction of sp³-hybridized carbons (Fsp3) is 0.480. The second-order valence-corrected chi connectivity index (χ2v) is 20.1. The molecule has 7 nitrogen and oxygen atoms in total. The normalized spacial score (nSPS) is 12.1. The Labute approximate surface area is 345 Å². The summed E-state index contributed by atoms with van der Waals surface area (Å²) in [5, 5.41) is 8.15. The van der Waals surface area contributed by atoms with E-state index < -0.39 is 0 Å². The van der Waals surface area contributed by atoms with Gasteiger partial charge in [0, 0.05) is 62.7 Å². The minimum absolute atomic E-state index is 0.00820. The maximum Gasteiger partial charge on any atom is 0.216 e. The number of imidazole rings is 2. The van der Waals surface area contributed by atoms with Gasteiger partial charge in [-0.15, -0.1) is 0 Å². The first-order valence-electron chi connectivity index (χ1n) is 20.3. The molecule has 0 spiro atoms. The molecule has 0 atom stereocenters. The third-order valence-electron chi connectivity index (χ3n) is 9.38. The first kappa shape index (κ1) is 46.4. The maximum absolute atomic E-state index is 8.15. The van der Waals surface area contributed by atoms with Crippen molar-refractivity contribution in [1.82, 2.24) is 27.7 Å². The van der Waals surface area contributed by atoms with Crippen molar-refractivity contribution in [3.05, 3.63) is 120 Å². The van der Waals surface area contributed by atoms with Crippen LogP contribution in [0.5, 0.6) is 0 Å². The number of hydrogen-bond acceptors (Lipinski definition) is 2. The Kier molecular flexibility index (Phi) is 14.4. The molecule has 0 bridgehead atoms. The molecular weight excluding hydrogens is 699 g/mol. The molecule has 7 rings (SSSR count). The Bertz CT molecular complexity index is 2270. The van der Waals surface area contributed by atoms with Gasteiger partial charge in [0.1, 0.15) is 0 Å². The van der Waals surface area contributed by atoms with E-state index in [1.165, 1.54) is 39.3 Å². The smallest absolute Gasteiger partial charge is 0.216 e. The van der Waals surface area contributed by atoms with Gasteiger partial charge in [-0.25, -0.2) is 4.98 Å². The minimum atomic E-state index is -0.153. The molecule has 0 fully saturated rings. The van der Waals surface area contributed by atoms with Crippen LogP contribution < -0.4 is 0 Å². The standard InChI is InChI=1S/C17H17N3.2C10H17N.C8H13N.C5H9N/c1-17(2,3)20-15-11-7-6-10-14(15)19-13-9-5-4-8-12(13)18-16(19)20;2*1-8-6-7-9(2)11(8)10(3,4)5;1-8(2,3)9-6-4-5-7-9;1-5(2,3)4-6/h4-11H,1-3H3;2*6-7H,1-5H3;4-7H,1-3H3;1-3H3. The van der Waals surface area contributed by atoms with E-state index in [9.17, 15) is 0 Å². The molecule has 0 aliphatic carbocycles. The molecular formula is C50H73N7. The number of nitriles is 1. The highest BCUT2D eigenvalue weighted by atomic mass is 15.2. The van der Waals surface area contributed by atoms with E-state index in [0.717, 1.165) is 11.3 Å². The molecule has 57 heavy (non-hydrogen) atoms. The van der Waals surface area contributed by atoms with E-state index in [-0.39, 0.29) is 27.6 Å². The van der Waals surface area contributed by atoms with E-state index in [2.05, 4.69) is 219 Å². The molecule has 5 aromatic heterocycles. The lowest BCUT2D eigenvalue weighted by molar-refractivity contribution is 0.383. The molecule has 0 aliphatic heterocycles. The van der Waals surface area contributed by atoms with Gasteiger partial charge >= 0.3 is 0 Å². The SMILES string of the molecule is CC(C)(C)C#N.CC(C)(C)n1c2ccccc2n2c3ccccc3nc12.CC(C)(C)n1cccc1.Cc1ccc(C)n1C(C)(C)C.Cc1ccc(C)n1C(C)(C)C. The summed E-state index contributed by atoms with van der Waals surface area (Å²) in [6.45, 7) is 40.9. The summed E-state index contributed by atoms with van der Waals surface area (Å²) in [7, 11) is 0. The van der Waals surface area contributed by atoms with Crippen LogP contribution in [0.1, 0.15) is 127 Å². The van der Waals surface area contributed by atoms with Crippen LogP contribution >= 0.6 is 0 Å². The average molecular weight is 772 g/mol. The number of para-hydroxylation sites is 4. The maximum atomic E-state index is 8.15. The van der Waals surface area contributed by atoms with E-state index in [4.69, 9.17) is 10.2 Å². The third-order valence-corrected chi connectivity index (χ3v) is 9.38. The lowest BCUT2D eigenvalue weighted by Gasteiger charge is -2.25. The van der Waals surface area contributed by atoms with Crippen LogP contribution in [0.25, 0.3) is 27.8 Å². The van der Waals surface area contributed by atoms with Gasteiger partial charge in [-0.05, 0) is 192 Å². The fourth-order valence-corrected chi connectivity index (χ4v) is 7.25. The van der Waals surface area contributed by atoms with Gasteiger partial charge in [0.15, 0.2) is 0 Å². The van der Waals surface area contributed by atoms with Gasteiger partial charge in [-0.3, -0.25) is 4.40 Å². The zero-order chi connectivity index (χ0) is 43.3. The fourth-order valence-electron chi connectivity index (χ4n) is 7.25. The van der Waals surface area contributed by atoms with Crippen molar-refractivity contribution in [1.29, 1.82) is 5.26 Å². The summed E-state index contributed by atoms with van der Waals surface area (Å²) in [5.41, 5.74) is 10.5. The number of benzene rings is 2. The zero-order valence-corrected chi connectivity index (χ0v) is 38.9. The average Bonchev–Trinajstić information content (AvgIpc) is 3.90.